The summed E-state index contributed by atoms with van der Waals surface area (Å²) in [4.78, 5) is 12.8. The maximum absolute atomic E-state index is 11.0. The third kappa shape index (κ3) is 3.17. The van der Waals surface area contributed by atoms with E-state index in [2.05, 4.69) is 0 Å². The van der Waals surface area contributed by atoms with Crippen LogP contribution in [0.25, 0.3) is 0 Å². The van der Waals surface area contributed by atoms with Gasteiger partial charge in [-0.2, -0.15) is 0 Å². The molecule has 3 nitrogen and oxygen atoms in total. The molecule has 2 aromatic carbocycles. The summed E-state index contributed by atoms with van der Waals surface area (Å²) in [7, 11) is 0. The molecule has 92 valence electrons. The molecule has 0 aliphatic carbocycles. The molecule has 0 saturated heterocycles. The van der Waals surface area contributed by atoms with Crippen molar-refractivity contribution in [1.82, 2.24) is 0 Å². The van der Waals surface area contributed by atoms with Crippen LogP contribution in [0.15, 0.2) is 52.3 Å². The lowest BCUT2D eigenvalue weighted by molar-refractivity contribution is 0.0695. The highest BCUT2D eigenvalue weighted by Gasteiger charge is 2.09. The third-order valence-corrected chi connectivity index (χ3v) is 4.18. The van der Waals surface area contributed by atoms with Crippen LogP contribution in [0.3, 0.4) is 0 Å². The summed E-state index contributed by atoms with van der Waals surface area (Å²) in [6, 6.07) is 12.1. The predicted molar refractivity (Wildman–Crippen MR) is 78.3 cm³/mol. The number of hydrogen-bond acceptors (Lipinski definition) is 3. The zero-order chi connectivity index (χ0) is 13.1. The molecule has 0 atom stereocenters. The van der Waals surface area contributed by atoms with Gasteiger partial charge in [0.1, 0.15) is 5.75 Å². The van der Waals surface area contributed by atoms with Crippen LogP contribution in [0, 0.1) is 3.57 Å². The molecule has 0 bridgehead atoms. The van der Waals surface area contributed by atoms with E-state index in [1.165, 1.54) is 11.8 Å². The molecule has 2 rings (SSSR count). The molecule has 18 heavy (non-hydrogen) atoms. The van der Waals surface area contributed by atoms with Gasteiger partial charge in [0.25, 0.3) is 0 Å². The molecule has 0 saturated carbocycles. The van der Waals surface area contributed by atoms with Gasteiger partial charge in [-0.25, -0.2) is 4.79 Å². The summed E-state index contributed by atoms with van der Waals surface area (Å²) in [6.45, 7) is 0. The van der Waals surface area contributed by atoms with Crippen LogP contribution < -0.4 is 0 Å². The topological polar surface area (TPSA) is 57.5 Å². The summed E-state index contributed by atoms with van der Waals surface area (Å²) >= 11 is 3.46. The lowest BCUT2D eigenvalue weighted by Gasteiger charge is -2.05. The molecule has 2 N–H and O–H groups in total. The van der Waals surface area contributed by atoms with Crippen molar-refractivity contribution in [2.75, 3.05) is 0 Å². The van der Waals surface area contributed by atoms with Crippen LogP contribution in [0.5, 0.6) is 5.75 Å². The Morgan fingerprint density at radius 2 is 1.67 bits per heavy atom. The van der Waals surface area contributed by atoms with E-state index in [1.54, 1.807) is 36.4 Å². The van der Waals surface area contributed by atoms with Crippen LogP contribution in [0.4, 0.5) is 0 Å². The van der Waals surface area contributed by atoms with Gasteiger partial charge in [0.15, 0.2) is 0 Å². The van der Waals surface area contributed by atoms with Crippen molar-refractivity contribution in [3.05, 3.63) is 51.6 Å². The van der Waals surface area contributed by atoms with Gasteiger partial charge in [-0.1, -0.05) is 11.8 Å². The maximum atomic E-state index is 11.0. The zero-order valence-corrected chi connectivity index (χ0v) is 12.1. The highest BCUT2D eigenvalue weighted by molar-refractivity contribution is 14.1. The number of hydrogen-bond donors (Lipinski definition) is 2. The predicted octanol–water partition coefficient (Wildman–Crippen LogP) is 3.85. The number of phenols is 1. The fourth-order valence-electron chi connectivity index (χ4n) is 1.38. The van der Waals surface area contributed by atoms with Gasteiger partial charge >= 0.3 is 5.97 Å². The first-order valence-electron chi connectivity index (χ1n) is 5.06. The van der Waals surface area contributed by atoms with E-state index in [4.69, 9.17) is 5.11 Å². The minimum absolute atomic E-state index is 0.216. The van der Waals surface area contributed by atoms with Crippen molar-refractivity contribution in [3.63, 3.8) is 0 Å². The average Bonchev–Trinajstić information content (AvgIpc) is 2.34. The molecule has 0 aliphatic rings. The van der Waals surface area contributed by atoms with Gasteiger partial charge in [0, 0.05) is 13.4 Å². The molecule has 0 aromatic heterocycles. The Morgan fingerprint density at radius 3 is 2.28 bits per heavy atom. The summed E-state index contributed by atoms with van der Waals surface area (Å²) in [6.07, 6.45) is 0. The Labute approximate surface area is 122 Å². The van der Waals surface area contributed by atoms with E-state index in [0.717, 1.165) is 13.4 Å². The summed E-state index contributed by atoms with van der Waals surface area (Å²) in [5.41, 5.74) is 0.305. The van der Waals surface area contributed by atoms with Gasteiger partial charge in [-0.15, -0.1) is 0 Å². The quantitative estimate of drug-likeness (QED) is 0.804. The molecule has 0 radical (unpaired) electrons. The van der Waals surface area contributed by atoms with Crippen molar-refractivity contribution in [2.24, 2.45) is 0 Å². The number of aromatic hydroxyl groups is 1. The SMILES string of the molecule is O=C(O)c1cc(Sc2ccc(O)cc2)ccc1I. The lowest BCUT2D eigenvalue weighted by atomic mass is 10.2. The minimum Gasteiger partial charge on any atom is -0.508 e. The van der Waals surface area contributed by atoms with E-state index in [-0.39, 0.29) is 5.75 Å². The number of carbonyl (C=O) groups is 1. The van der Waals surface area contributed by atoms with Crippen LogP contribution in [0.1, 0.15) is 10.4 Å². The number of benzene rings is 2. The van der Waals surface area contributed by atoms with Crippen molar-refractivity contribution >= 4 is 40.3 Å². The summed E-state index contributed by atoms with van der Waals surface area (Å²) < 4.78 is 0.718. The smallest absolute Gasteiger partial charge is 0.336 e. The van der Waals surface area contributed by atoms with E-state index in [0.29, 0.717) is 5.56 Å². The second kappa shape index (κ2) is 5.62. The van der Waals surface area contributed by atoms with Crippen molar-refractivity contribution in [2.45, 2.75) is 9.79 Å². The van der Waals surface area contributed by atoms with Crippen molar-refractivity contribution in [1.29, 1.82) is 0 Å². The monoisotopic (exact) mass is 372 g/mol. The van der Waals surface area contributed by atoms with Gasteiger partial charge in [0.05, 0.1) is 5.56 Å². The number of rotatable bonds is 3. The second-order valence-electron chi connectivity index (χ2n) is 3.54. The fourth-order valence-corrected chi connectivity index (χ4v) is 2.81. The Kier molecular flexibility index (Phi) is 4.13. The summed E-state index contributed by atoms with van der Waals surface area (Å²) in [5.74, 6) is -0.708. The average molecular weight is 372 g/mol. The van der Waals surface area contributed by atoms with E-state index in [1.807, 2.05) is 28.7 Å². The number of carboxylic acids is 1. The zero-order valence-electron chi connectivity index (χ0n) is 9.13. The first kappa shape index (κ1) is 13.2. The largest absolute Gasteiger partial charge is 0.508 e. The van der Waals surface area contributed by atoms with Crippen LogP contribution in [-0.2, 0) is 0 Å². The molecular weight excluding hydrogens is 363 g/mol. The molecule has 0 fully saturated rings. The number of aromatic carboxylic acids is 1. The van der Waals surface area contributed by atoms with Gasteiger partial charge < -0.3 is 10.2 Å². The van der Waals surface area contributed by atoms with E-state index in [9.17, 15) is 9.90 Å². The lowest BCUT2D eigenvalue weighted by Crippen LogP contribution is -1.99. The van der Waals surface area contributed by atoms with Gasteiger partial charge in [-0.05, 0) is 65.1 Å². The highest BCUT2D eigenvalue weighted by Crippen LogP contribution is 2.30. The van der Waals surface area contributed by atoms with Crippen molar-refractivity contribution in [3.8, 4) is 5.75 Å². The molecule has 2 aromatic rings. The van der Waals surface area contributed by atoms with Crippen LogP contribution in [-0.4, -0.2) is 16.2 Å². The molecular formula is C13H9IO3S. The first-order valence-corrected chi connectivity index (χ1v) is 6.95. The van der Waals surface area contributed by atoms with Crippen molar-refractivity contribution < 1.29 is 15.0 Å². The Hall–Kier alpha value is -1.21. The number of halogens is 1. The Bertz CT molecular complexity index is 581. The third-order valence-electron chi connectivity index (χ3n) is 2.24. The van der Waals surface area contributed by atoms with E-state index < -0.39 is 5.97 Å². The van der Waals surface area contributed by atoms with Gasteiger partial charge in [-0.3, -0.25) is 0 Å². The Morgan fingerprint density at radius 1 is 1.06 bits per heavy atom. The molecule has 0 aliphatic heterocycles. The first-order chi connectivity index (χ1) is 8.56. The van der Waals surface area contributed by atoms with Crippen LogP contribution in [0.2, 0.25) is 0 Å². The summed E-state index contributed by atoms with van der Waals surface area (Å²) in [5, 5.41) is 18.2. The second-order valence-corrected chi connectivity index (χ2v) is 5.85. The number of carboxylic acid groups (broad SMARTS) is 1. The molecule has 0 amide bonds. The Balaban J connectivity index is 2.27. The molecule has 0 spiro atoms. The van der Waals surface area contributed by atoms with Crippen LogP contribution >= 0.6 is 34.4 Å². The maximum Gasteiger partial charge on any atom is 0.336 e. The van der Waals surface area contributed by atoms with E-state index >= 15 is 0 Å². The minimum atomic E-state index is -0.924. The normalized spacial score (nSPS) is 10.3. The fraction of sp³-hybridized carbons (Fsp3) is 0. The highest BCUT2D eigenvalue weighted by atomic mass is 127. The van der Waals surface area contributed by atoms with Gasteiger partial charge in [0.2, 0.25) is 0 Å². The standard InChI is InChI=1S/C13H9IO3S/c14-12-6-5-10(7-11(12)13(16)17)18-9-3-1-8(15)2-4-9/h1-7,15H,(H,16,17). The number of phenolic OH excluding ortho intramolecular Hbond substituents is 1. The molecule has 5 heteroatoms. The molecule has 0 unspecified atom stereocenters. The molecule has 0 heterocycles.